The topological polar surface area (TPSA) is 59.4 Å². The van der Waals surface area contributed by atoms with Crippen molar-refractivity contribution in [2.45, 2.75) is 18.7 Å². The summed E-state index contributed by atoms with van der Waals surface area (Å²) in [5.41, 5.74) is -2.71. The van der Waals surface area contributed by atoms with E-state index in [2.05, 4.69) is 9.72 Å². The minimum Gasteiger partial charge on any atom is -0.478 e. The molecule has 0 aliphatic rings. The third kappa shape index (κ3) is 3.91. The van der Waals surface area contributed by atoms with Crippen LogP contribution < -0.4 is 4.74 Å². The van der Waals surface area contributed by atoms with Gasteiger partial charge < -0.3 is 9.84 Å². The SMILES string of the molecule is O=C(O)c1c(CCl)cc(OC(F)(F)F)nc1C(F)F. The second kappa shape index (κ2) is 5.55. The highest BCUT2D eigenvalue weighted by Crippen LogP contribution is 2.30. The number of alkyl halides is 6. The standard InChI is InChI=1S/C9H5ClF5NO3/c10-2-3-1-4(19-9(13,14)15)16-6(7(11)12)5(3)8(17)18/h1,7H,2H2,(H,17,18). The number of rotatable bonds is 4. The van der Waals surface area contributed by atoms with Crippen molar-refractivity contribution < 1.29 is 36.6 Å². The van der Waals surface area contributed by atoms with Crippen LogP contribution in [0, 0.1) is 0 Å². The Morgan fingerprint density at radius 3 is 2.42 bits per heavy atom. The number of aromatic nitrogens is 1. The molecule has 0 aliphatic carbocycles. The van der Waals surface area contributed by atoms with Crippen molar-refractivity contribution >= 4 is 17.6 Å². The molecule has 0 aliphatic heterocycles. The number of pyridine rings is 1. The molecule has 1 heterocycles. The van der Waals surface area contributed by atoms with E-state index in [1.165, 1.54) is 0 Å². The number of hydrogen-bond acceptors (Lipinski definition) is 3. The largest absolute Gasteiger partial charge is 0.574 e. The van der Waals surface area contributed by atoms with E-state index in [1.807, 2.05) is 0 Å². The molecule has 0 unspecified atom stereocenters. The van der Waals surface area contributed by atoms with Crippen molar-refractivity contribution in [3.8, 4) is 5.88 Å². The lowest BCUT2D eigenvalue weighted by molar-refractivity contribution is -0.276. The molecule has 0 atom stereocenters. The maximum Gasteiger partial charge on any atom is 0.574 e. The first kappa shape index (κ1) is 15.4. The Balaban J connectivity index is 3.40. The first-order valence-corrected chi connectivity index (χ1v) is 5.06. The maximum absolute atomic E-state index is 12.6. The van der Waals surface area contributed by atoms with Crippen molar-refractivity contribution in [3.63, 3.8) is 0 Å². The zero-order chi connectivity index (χ0) is 14.8. The second-order valence-corrected chi connectivity index (χ2v) is 3.43. The van der Waals surface area contributed by atoms with Gasteiger partial charge in [0.1, 0.15) is 5.69 Å². The van der Waals surface area contributed by atoms with Crippen LogP contribution in [0.1, 0.15) is 28.0 Å². The van der Waals surface area contributed by atoms with Crippen LogP contribution in [0.15, 0.2) is 6.07 Å². The van der Waals surface area contributed by atoms with Gasteiger partial charge >= 0.3 is 12.3 Å². The highest BCUT2D eigenvalue weighted by molar-refractivity contribution is 6.17. The van der Waals surface area contributed by atoms with Crippen LogP contribution in [0.4, 0.5) is 22.0 Å². The average molecular weight is 306 g/mol. The van der Waals surface area contributed by atoms with Crippen LogP contribution in [0.3, 0.4) is 0 Å². The van der Waals surface area contributed by atoms with E-state index in [9.17, 15) is 26.7 Å². The molecule has 10 heteroatoms. The fourth-order valence-electron chi connectivity index (χ4n) is 1.27. The van der Waals surface area contributed by atoms with Gasteiger partial charge in [0, 0.05) is 11.9 Å². The van der Waals surface area contributed by atoms with Gasteiger partial charge in [0.05, 0.1) is 5.56 Å². The van der Waals surface area contributed by atoms with Gasteiger partial charge in [-0.1, -0.05) is 0 Å². The minimum atomic E-state index is -5.14. The van der Waals surface area contributed by atoms with Crippen LogP contribution in [-0.4, -0.2) is 22.4 Å². The van der Waals surface area contributed by atoms with Crippen LogP contribution in [-0.2, 0) is 5.88 Å². The van der Waals surface area contributed by atoms with Gasteiger partial charge in [-0.3, -0.25) is 0 Å². The molecule has 0 radical (unpaired) electrons. The van der Waals surface area contributed by atoms with E-state index >= 15 is 0 Å². The highest BCUT2D eigenvalue weighted by atomic mass is 35.5. The predicted octanol–water partition coefficient (Wildman–Crippen LogP) is 3.35. The monoisotopic (exact) mass is 305 g/mol. The quantitative estimate of drug-likeness (QED) is 0.684. The number of aromatic carboxylic acids is 1. The van der Waals surface area contributed by atoms with Gasteiger partial charge in [-0.05, 0) is 5.56 Å². The van der Waals surface area contributed by atoms with Crippen molar-refractivity contribution in [2.75, 3.05) is 0 Å². The second-order valence-electron chi connectivity index (χ2n) is 3.17. The van der Waals surface area contributed by atoms with Crippen LogP contribution in [0.25, 0.3) is 0 Å². The summed E-state index contributed by atoms with van der Waals surface area (Å²) in [5.74, 6) is -3.54. The average Bonchev–Trinajstić information content (AvgIpc) is 2.24. The van der Waals surface area contributed by atoms with Crippen molar-refractivity contribution in [1.82, 2.24) is 4.98 Å². The van der Waals surface area contributed by atoms with Gasteiger partial charge in [-0.25, -0.2) is 18.6 Å². The Kier molecular flexibility index (Phi) is 4.51. The van der Waals surface area contributed by atoms with Crippen molar-refractivity contribution in [3.05, 3.63) is 22.9 Å². The van der Waals surface area contributed by atoms with Crippen LogP contribution >= 0.6 is 11.6 Å². The third-order valence-electron chi connectivity index (χ3n) is 1.89. The van der Waals surface area contributed by atoms with Gasteiger partial charge in [-0.2, -0.15) is 0 Å². The number of carboxylic acid groups (broad SMARTS) is 1. The highest BCUT2D eigenvalue weighted by Gasteiger charge is 2.33. The Hall–Kier alpha value is -1.64. The lowest BCUT2D eigenvalue weighted by Gasteiger charge is -2.13. The lowest BCUT2D eigenvalue weighted by atomic mass is 10.1. The molecule has 0 amide bonds. The molecule has 1 aromatic rings. The summed E-state index contributed by atoms with van der Waals surface area (Å²) in [7, 11) is 0. The van der Waals surface area contributed by atoms with E-state index in [0.717, 1.165) is 0 Å². The number of carboxylic acids is 1. The molecule has 0 aromatic carbocycles. The van der Waals surface area contributed by atoms with Crippen molar-refractivity contribution in [1.29, 1.82) is 0 Å². The van der Waals surface area contributed by atoms with E-state index in [0.29, 0.717) is 6.07 Å². The molecule has 1 N–H and O–H groups in total. The maximum atomic E-state index is 12.6. The number of hydrogen-bond donors (Lipinski definition) is 1. The summed E-state index contributed by atoms with van der Waals surface area (Å²) >= 11 is 5.32. The summed E-state index contributed by atoms with van der Waals surface area (Å²) in [6.07, 6.45) is -8.52. The molecule has 0 saturated carbocycles. The summed E-state index contributed by atoms with van der Waals surface area (Å²) in [5, 5.41) is 8.75. The molecule has 0 bridgehead atoms. The first-order valence-electron chi connectivity index (χ1n) is 4.52. The lowest BCUT2D eigenvalue weighted by Crippen LogP contribution is -2.19. The molecular weight excluding hydrogens is 301 g/mol. The smallest absolute Gasteiger partial charge is 0.478 e. The van der Waals surface area contributed by atoms with Crippen molar-refractivity contribution in [2.24, 2.45) is 0 Å². The van der Waals surface area contributed by atoms with E-state index in [-0.39, 0.29) is 0 Å². The minimum absolute atomic E-state index is 0.446. The third-order valence-corrected chi connectivity index (χ3v) is 2.18. The fraction of sp³-hybridized carbons (Fsp3) is 0.333. The number of halogens is 6. The van der Waals surface area contributed by atoms with Gasteiger partial charge in [0.2, 0.25) is 5.88 Å². The molecule has 0 spiro atoms. The molecule has 106 valence electrons. The van der Waals surface area contributed by atoms with Gasteiger partial charge in [0.25, 0.3) is 6.43 Å². The zero-order valence-corrected chi connectivity index (χ0v) is 9.60. The molecule has 1 rings (SSSR count). The van der Waals surface area contributed by atoms with Crippen LogP contribution in [0.2, 0.25) is 0 Å². The normalized spacial score (nSPS) is 11.7. The number of carbonyl (C=O) groups is 1. The molecule has 0 fully saturated rings. The van der Waals surface area contributed by atoms with Gasteiger partial charge in [0.15, 0.2) is 0 Å². The summed E-state index contributed by atoms with van der Waals surface area (Å²) in [6, 6.07) is 0.551. The number of nitrogens with zero attached hydrogens (tertiary/aromatic N) is 1. The predicted molar refractivity (Wildman–Crippen MR) is 52.4 cm³/mol. The first-order chi connectivity index (χ1) is 8.65. The van der Waals surface area contributed by atoms with E-state index < -0.39 is 47.3 Å². The van der Waals surface area contributed by atoms with Crippen LogP contribution in [0.5, 0.6) is 5.88 Å². The summed E-state index contributed by atoms with van der Waals surface area (Å²) in [6.45, 7) is 0. The Bertz CT molecular complexity index is 491. The van der Waals surface area contributed by atoms with Gasteiger partial charge in [-0.15, -0.1) is 24.8 Å². The summed E-state index contributed by atoms with van der Waals surface area (Å²) in [4.78, 5) is 13.7. The Morgan fingerprint density at radius 1 is 1.47 bits per heavy atom. The zero-order valence-electron chi connectivity index (χ0n) is 8.84. The molecule has 1 aromatic heterocycles. The molecular formula is C9H5ClF5NO3. The molecule has 4 nitrogen and oxygen atoms in total. The number of ether oxygens (including phenoxy) is 1. The fourth-order valence-corrected chi connectivity index (χ4v) is 1.48. The van der Waals surface area contributed by atoms with E-state index in [1.54, 1.807) is 0 Å². The molecule has 0 saturated heterocycles. The summed E-state index contributed by atoms with van der Waals surface area (Å²) < 4.78 is 64.5. The van der Waals surface area contributed by atoms with E-state index in [4.69, 9.17) is 16.7 Å². The Morgan fingerprint density at radius 2 is 2.05 bits per heavy atom. The molecule has 19 heavy (non-hydrogen) atoms. The Labute approximate surface area is 107 Å².